The largest absolute Gasteiger partial charge is 0.385 e. The molecule has 1 heterocycles. The van der Waals surface area contributed by atoms with E-state index in [1.54, 1.807) is 0 Å². The second-order valence-electron chi connectivity index (χ2n) is 2.69. The van der Waals surface area contributed by atoms with Crippen LogP contribution in [0.1, 0.15) is 0 Å². The molecule has 1 rings (SSSR count). The van der Waals surface area contributed by atoms with Crippen LogP contribution < -0.4 is 0 Å². The molecular weight excluding hydrogens is 164 g/mol. The molecule has 0 radical (unpaired) electrons. The third-order valence-corrected chi connectivity index (χ3v) is 2.00. The Labute approximate surface area is 70.9 Å². The van der Waals surface area contributed by atoms with Gasteiger partial charge in [0.2, 0.25) is 0 Å². The van der Waals surface area contributed by atoms with Crippen molar-refractivity contribution in [2.75, 3.05) is 20.8 Å². The van der Waals surface area contributed by atoms with Gasteiger partial charge >= 0.3 is 0 Å². The molecule has 5 nitrogen and oxygen atoms in total. The number of rotatable bonds is 2. The highest BCUT2D eigenvalue weighted by molar-refractivity contribution is 4.83. The highest BCUT2D eigenvalue weighted by Gasteiger charge is 2.38. The number of aliphatic hydroxyl groups excluding tert-OH is 2. The average molecular weight is 178 g/mol. The first-order chi connectivity index (χ1) is 5.70. The molecule has 0 aromatic rings. The van der Waals surface area contributed by atoms with E-state index in [4.69, 9.17) is 19.3 Å². The van der Waals surface area contributed by atoms with Crippen LogP contribution in [0.4, 0.5) is 0 Å². The smallest absolute Gasteiger partial charge is 0.183 e. The zero-order chi connectivity index (χ0) is 9.14. The van der Waals surface area contributed by atoms with E-state index in [9.17, 15) is 5.11 Å². The quantitative estimate of drug-likeness (QED) is 0.551. The van der Waals surface area contributed by atoms with Crippen LogP contribution >= 0.6 is 0 Å². The fourth-order valence-corrected chi connectivity index (χ4v) is 1.26. The Morgan fingerprint density at radius 3 is 2.42 bits per heavy atom. The molecule has 0 bridgehead atoms. The van der Waals surface area contributed by atoms with Gasteiger partial charge < -0.3 is 24.4 Å². The number of hydrogen-bond acceptors (Lipinski definition) is 5. The van der Waals surface area contributed by atoms with E-state index in [1.807, 2.05) is 0 Å². The Kier molecular flexibility index (Phi) is 3.42. The van der Waals surface area contributed by atoms with E-state index in [1.165, 1.54) is 14.2 Å². The van der Waals surface area contributed by atoms with Gasteiger partial charge in [-0.25, -0.2) is 0 Å². The summed E-state index contributed by atoms with van der Waals surface area (Å²) in [6.07, 6.45) is -3.08. The van der Waals surface area contributed by atoms with Crippen molar-refractivity contribution in [1.82, 2.24) is 0 Å². The third kappa shape index (κ3) is 1.75. The van der Waals surface area contributed by atoms with Gasteiger partial charge in [0.15, 0.2) is 6.29 Å². The lowest BCUT2D eigenvalue weighted by Crippen LogP contribution is -2.54. The molecule has 5 heteroatoms. The third-order valence-electron chi connectivity index (χ3n) is 2.00. The van der Waals surface area contributed by atoms with Crippen molar-refractivity contribution in [3.05, 3.63) is 0 Å². The second-order valence-corrected chi connectivity index (χ2v) is 2.69. The van der Waals surface area contributed by atoms with Gasteiger partial charge in [-0.2, -0.15) is 0 Å². The molecule has 1 fully saturated rings. The van der Waals surface area contributed by atoms with Gasteiger partial charge in [-0.15, -0.1) is 0 Å². The number of methoxy groups -OCH3 is 2. The minimum absolute atomic E-state index is 0.229. The molecule has 0 unspecified atom stereocenters. The van der Waals surface area contributed by atoms with Crippen LogP contribution in [-0.2, 0) is 14.2 Å². The van der Waals surface area contributed by atoms with Crippen molar-refractivity contribution >= 4 is 0 Å². The molecule has 0 spiro atoms. The second kappa shape index (κ2) is 4.15. The minimum Gasteiger partial charge on any atom is -0.385 e. The molecular formula is C7H14O5. The van der Waals surface area contributed by atoms with Gasteiger partial charge in [0.25, 0.3) is 0 Å². The Bertz CT molecular complexity index is 138. The maximum atomic E-state index is 9.36. The van der Waals surface area contributed by atoms with Crippen molar-refractivity contribution in [2.24, 2.45) is 0 Å². The first-order valence-corrected chi connectivity index (χ1v) is 3.74. The topological polar surface area (TPSA) is 68.2 Å². The lowest BCUT2D eigenvalue weighted by Gasteiger charge is -2.36. The van der Waals surface area contributed by atoms with Gasteiger partial charge in [0.05, 0.1) is 6.61 Å². The molecule has 1 aliphatic heterocycles. The summed E-state index contributed by atoms with van der Waals surface area (Å²) in [7, 11) is 2.96. The van der Waals surface area contributed by atoms with Crippen molar-refractivity contribution < 1.29 is 24.4 Å². The molecule has 1 saturated heterocycles. The van der Waals surface area contributed by atoms with Gasteiger partial charge in [-0.3, -0.25) is 0 Å². The summed E-state index contributed by atoms with van der Waals surface area (Å²) < 4.78 is 14.8. The lowest BCUT2D eigenvalue weighted by atomic mass is 10.1. The fourth-order valence-electron chi connectivity index (χ4n) is 1.26. The van der Waals surface area contributed by atoms with Gasteiger partial charge in [-0.1, -0.05) is 0 Å². The van der Waals surface area contributed by atoms with E-state index < -0.39 is 18.5 Å². The fraction of sp³-hybridized carbons (Fsp3) is 1.00. The van der Waals surface area contributed by atoms with E-state index in [0.717, 1.165) is 0 Å². The minimum atomic E-state index is -1.18. The Morgan fingerprint density at radius 1 is 1.25 bits per heavy atom. The molecule has 72 valence electrons. The van der Waals surface area contributed by atoms with Crippen molar-refractivity contribution in [2.45, 2.75) is 24.6 Å². The lowest BCUT2D eigenvalue weighted by molar-refractivity contribution is -0.261. The summed E-state index contributed by atoms with van der Waals surface area (Å²) in [6, 6.07) is 0. The average Bonchev–Trinajstić information content (AvgIpc) is 2.09. The van der Waals surface area contributed by atoms with Crippen LogP contribution in [0.2, 0.25) is 0 Å². The molecule has 2 N–H and O–H groups in total. The summed E-state index contributed by atoms with van der Waals surface area (Å²) in [4.78, 5) is 0. The van der Waals surface area contributed by atoms with E-state index in [-0.39, 0.29) is 12.7 Å². The molecule has 4 atom stereocenters. The van der Waals surface area contributed by atoms with E-state index in [2.05, 4.69) is 0 Å². The summed E-state index contributed by atoms with van der Waals surface area (Å²) in [5, 5.41) is 18.4. The zero-order valence-electron chi connectivity index (χ0n) is 7.14. The standard InChI is InChI=1S/C7H14O5/c1-10-4-3-12-7(9)5(8)6(4)11-2/h4-9H,3H2,1-2H3/t4-,5+,6-,7-/m0/s1. The van der Waals surface area contributed by atoms with Crippen LogP contribution in [0.3, 0.4) is 0 Å². The number of hydrogen-bond donors (Lipinski definition) is 2. The van der Waals surface area contributed by atoms with Crippen LogP contribution in [0.25, 0.3) is 0 Å². The molecule has 0 aromatic carbocycles. The van der Waals surface area contributed by atoms with Gasteiger partial charge in [0, 0.05) is 14.2 Å². The predicted octanol–water partition coefficient (Wildman–Crippen LogP) is -1.27. The monoisotopic (exact) mass is 178 g/mol. The highest BCUT2D eigenvalue weighted by Crippen LogP contribution is 2.17. The summed E-state index contributed by atoms with van der Waals surface area (Å²) in [6.45, 7) is 0.229. The van der Waals surface area contributed by atoms with Gasteiger partial charge in [-0.05, 0) is 0 Å². The van der Waals surface area contributed by atoms with Crippen LogP contribution in [-0.4, -0.2) is 55.6 Å². The molecule has 0 amide bonds. The predicted molar refractivity (Wildman–Crippen MR) is 39.6 cm³/mol. The normalized spacial score (nSPS) is 43.0. The Balaban J connectivity index is 2.58. The highest BCUT2D eigenvalue weighted by atomic mass is 16.6. The molecule has 0 aliphatic carbocycles. The number of ether oxygens (including phenoxy) is 3. The van der Waals surface area contributed by atoms with Crippen molar-refractivity contribution in [3.8, 4) is 0 Å². The maximum absolute atomic E-state index is 9.36. The van der Waals surface area contributed by atoms with Crippen LogP contribution in [0.15, 0.2) is 0 Å². The first kappa shape index (κ1) is 9.88. The maximum Gasteiger partial charge on any atom is 0.183 e. The van der Waals surface area contributed by atoms with Crippen molar-refractivity contribution in [1.29, 1.82) is 0 Å². The zero-order valence-corrected chi connectivity index (χ0v) is 7.14. The molecule has 12 heavy (non-hydrogen) atoms. The number of aliphatic hydroxyl groups is 2. The molecule has 1 aliphatic rings. The molecule has 0 aromatic heterocycles. The summed E-state index contributed by atoms with van der Waals surface area (Å²) in [5.74, 6) is 0. The Hall–Kier alpha value is -0.200. The summed E-state index contributed by atoms with van der Waals surface area (Å²) >= 11 is 0. The van der Waals surface area contributed by atoms with E-state index >= 15 is 0 Å². The summed E-state index contributed by atoms with van der Waals surface area (Å²) in [5.41, 5.74) is 0. The van der Waals surface area contributed by atoms with E-state index in [0.29, 0.717) is 0 Å². The van der Waals surface area contributed by atoms with Crippen LogP contribution in [0.5, 0.6) is 0 Å². The van der Waals surface area contributed by atoms with Crippen molar-refractivity contribution in [3.63, 3.8) is 0 Å². The van der Waals surface area contributed by atoms with Crippen LogP contribution in [0, 0.1) is 0 Å². The first-order valence-electron chi connectivity index (χ1n) is 3.74. The molecule has 0 saturated carbocycles. The Morgan fingerprint density at radius 2 is 1.92 bits per heavy atom. The SMILES string of the molecule is CO[C@@H]1[C@@H](O)[C@@H](O)OC[C@@H]1OC. The van der Waals surface area contributed by atoms with Gasteiger partial charge in [0.1, 0.15) is 18.3 Å².